The molecule has 1 fully saturated rings. The largest absolute Gasteiger partial charge is 0.493 e. The summed E-state index contributed by atoms with van der Waals surface area (Å²) < 4.78 is 37.8. The number of nitrogen functional groups attached to an aromatic ring is 1. The highest BCUT2D eigenvalue weighted by molar-refractivity contribution is 6.04. The fourth-order valence-electron chi connectivity index (χ4n) is 4.50. The van der Waals surface area contributed by atoms with Crippen molar-refractivity contribution in [2.24, 2.45) is 11.5 Å². The van der Waals surface area contributed by atoms with Gasteiger partial charge in [0, 0.05) is 29.4 Å². The number of amides is 1. The summed E-state index contributed by atoms with van der Waals surface area (Å²) in [5.41, 5.74) is 15.8. The van der Waals surface area contributed by atoms with E-state index in [9.17, 15) is 9.90 Å². The molecule has 0 saturated heterocycles. The third-order valence-corrected chi connectivity index (χ3v) is 6.22. The second-order valence-electron chi connectivity index (χ2n) is 8.58. The molecule has 1 aliphatic carbocycles. The van der Waals surface area contributed by atoms with Gasteiger partial charge in [-0.1, -0.05) is 30.3 Å². The maximum Gasteiger partial charge on any atom is 0.254 e. The molecular formula is C24H22F2N6O3. The predicted octanol–water partition coefficient (Wildman–Crippen LogP) is 2.72. The van der Waals surface area contributed by atoms with Gasteiger partial charge in [0.05, 0.1) is 13.2 Å². The Morgan fingerprint density at radius 1 is 1.14 bits per heavy atom. The van der Waals surface area contributed by atoms with Gasteiger partial charge >= 0.3 is 0 Å². The van der Waals surface area contributed by atoms with Crippen molar-refractivity contribution in [1.82, 2.24) is 14.8 Å². The van der Waals surface area contributed by atoms with Crippen molar-refractivity contribution in [3.05, 3.63) is 59.7 Å². The molecule has 180 valence electrons. The highest BCUT2D eigenvalue weighted by Gasteiger charge is 2.42. The maximum atomic E-state index is 16.0. The molecule has 1 saturated carbocycles. The van der Waals surface area contributed by atoms with E-state index in [1.54, 1.807) is 30.3 Å². The minimum atomic E-state index is -1.37. The number of halogens is 2. The molecule has 2 heterocycles. The molecule has 0 bridgehead atoms. The van der Waals surface area contributed by atoms with Crippen LogP contribution in [0, 0.1) is 11.6 Å². The van der Waals surface area contributed by atoms with E-state index < -0.39 is 29.3 Å². The second-order valence-corrected chi connectivity index (χ2v) is 8.58. The number of methoxy groups -OCH3 is 1. The van der Waals surface area contributed by atoms with Gasteiger partial charge in [0.1, 0.15) is 34.0 Å². The number of nitrogens with zero attached hydrogens (tertiary/aromatic N) is 3. The molecule has 0 aliphatic heterocycles. The standard InChI is InChI=1S/C24H22F2N6O3/c1-35-21-14-8-7-13(16(25)20(14)30-18(17(21)26)11-5-3-2-4-6-11)19-15(23(28)33)22(27)32(31-19)12-9-24(29,34)10-12/h2-8,12,34H,9-10,27,29H2,1H3,(H2,28,33)/t12-,24+. The van der Waals surface area contributed by atoms with Crippen LogP contribution in [-0.4, -0.2) is 38.6 Å². The molecule has 1 aliphatic rings. The first-order valence-electron chi connectivity index (χ1n) is 10.7. The molecule has 2 aromatic carbocycles. The lowest BCUT2D eigenvalue weighted by molar-refractivity contribution is -0.0643. The molecule has 5 rings (SSSR count). The van der Waals surface area contributed by atoms with Crippen LogP contribution >= 0.6 is 0 Å². The molecule has 4 aromatic rings. The summed E-state index contributed by atoms with van der Waals surface area (Å²) in [7, 11) is 1.28. The van der Waals surface area contributed by atoms with Gasteiger partial charge in [0.2, 0.25) is 0 Å². The van der Waals surface area contributed by atoms with Crippen molar-refractivity contribution < 1.29 is 23.4 Å². The number of ether oxygens (including phenoxy) is 1. The van der Waals surface area contributed by atoms with Crippen molar-refractivity contribution in [1.29, 1.82) is 0 Å². The van der Waals surface area contributed by atoms with E-state index in [4.69, 9.17) is 21.9 Å². The zero-order chi connectivity index (χ0) is 25.1. The van der Waals surface area contributed by atoms with E-state index in [0.29, 0.717) is 5.56 Å². The third-order valence-electron chi connectivity index (χ3n) is 6.22. The number of anilines is 1. The quantitative estimate of drug-likeness (QED) is 0.320. The molecule has 1 amide bonds. The van der Waals surface area contributed by atoms with Gasteiger partial charge in [-0.25, -0.2) is 18.4 Å². The summed E-state index contributed by atoms with van der Waals surface area (Å²) in [5.74, 6) is -2.73. The van der Waals surface area contributed by atoms with Crippen LogP contribution in [0.15, 0.2) is 42.5 Å². The summed E-state index contributed by atoms with van der Waals surface area (Å²) in [4.78, 5) is 16.5. The van der Waals surface area contributed by atoms with E-state index >= 15 is 8.78 Å². The molecule has 7 N–H and O–H groups in total. The zero-order valence-corrected chi connectivity index (χ0v) is 18.6. The Hall–Kier alpha value is -4.09. The minimum Gasteiger partial charge on any atom is -0.493 e. The van der Waals surface area contributed by atoms with Gasteiger partial charge in [0.15, 0.2) is 17.4 Å². The van der Waals surface area contributed by atoms with Crippen LogP contribution < -0.4 is 21.9 Å². The highest BCUT2D eigenvalue weighted by Crippen LogP contribution is 2.42. The molecular weight excluding hydrogens is 458 g/mol. The molecule has 11 heteroatoms. The fraction of sp³-hybridized carbons (Fsp3) is 0.208. The smallest absolute Gasteiger partial charge is 0.254 e. The van der Waals surface area contributed by atoms with E-state index in [2.05, 4.69) is 10.1 Å². The number of pyridine rings is 1. The first-order valence-corrected chi connectivity index (χ1v) is 10.7. The average molecular weight is 480 g/mol. The summed E-state index contributed by atoms with van der Waals surface area (Å²) in [6, 6.07) is 10.8. The van der Waals surface area contributed by atoms with E-state index in [-0.39, 0.29) is 57.8 Å². The van der Waals surface area contributed by atoms with Crippen LogP contribution in [0.4, 0.5) is 14.6 Å². The number of aromatic nitrogens is 3. The first-order chi connectivity index (χ1) is 16.6. The lowest BCUT2D eigenvalue weighted by Crippen LogP contribution is -2.52. The number of benzene rings is 2. The normalized spacial score (nSPS) is 19.5. The number of rotatable bonds is 5. The number of primary amides is 1. The van der Waals surface area contributed by atoms with Gasteiger partial charge in [-0.3, -0.25) is 4.79 Å². The van der Waals surface area contributed by atoms with Crippen molar-refractivity contribution in [2.45, 2.75) is 24.6 Å². The summed E-state index contributed by atoms with van der Waals surface area (Å²) in [5, 5.41) is 14.3. The topological polar surface area (TPSA) is 155 Å². The van der Waals surface area contributed by atoms with Gasteiger partial charge in [0.25, 0.3) is 5.91 Å². The van der Waals surface area contributed by atoms with E-state index in [1.807, 2.05) is 0 Å². The number of carbonyl (C=O) groups is 1. The predicted molar refractivity (Wildman–Crippen MR) is 125 cm³/mol. The Labute approximate surface area is 198 Å². The zero-order valence-electron chi connectivity index (χ0n) is 18.6. The molecule has 0 radical (unpaired) electrons. The lowest BCUT2D eigenvalue weighted by Gasteiger charge is -2.40. The van der Waals surface area contributed by atoms with Crippen LogP contribution in [0.3, 0.4) is 0 Å². The maximum absolute atomic E-state index is 16.0. The number of carbonyl (C=O) groups excluding carboxylic acids is 1. The summed E-state index contributed by atoms with van der Waals surface area (Å²) in [6.45, 7) is 0. The van der Waals surface area contributed by atoms with Crippen LogP contribution in [0.1, 0.15) is 29.2 Å². The SMILES string of the molecule is COc1c(F)c(-c2ccccc2)nc2c(F)c(-c3nn([C@H]4C[C@@](N)(O)C4)c(N)c3C(N)=O)ccc12. The molecule has 0 spiro atoms. The molecule has 0 atom stereocenters. The Kier molecular flexibility index (Phi) is 5.18. The third kappa shape index (κ3) is 3.56. The first kappa shape index (κ1) is 22.7. The van der Waals surface area contributed by atoms with Crippen molar-refractivity contribution in [2.75, 3.05) is 12.8 Å². The van der Waals surface area contributed by atoms with E-state index in [1.165, 1.54) is 23.9 Å². The van der Waals surface area contributed by atoms with Crippen molar-refractivity contribution in [3.8, 4) is 28.3 Å². The van der Waals surface area contributed by atoms with Crippen molar-refractivity contribution >= 4 is 22.6 Å². The van der Waals surface area contributed by atoms with Crippen molar-refractivity contribution in [3.63, 3.8) is 0 Å². The Balaban J connectivity index is 1.73. The highest BCUT2D eigenvalue weighted by atomic mass is 19.1. The molecule has 0 unspecified atom stereocenters. The Bertz CT molecular complexity index is 1480. The Morgan fingerprint density at radius 3 is 2.43 bits per heavy atom. The lowest BCUT2D eigenvalue weighted by atomic mass is 9.83. The van der Waals surface area contributed by atoms with Gasteiger partial charge < -0.3 is 27.0 Å². The minimum absolute atomic E-state index is 0.0675. The fourth-order valence-corrected chi connectivity index (χ4v) is 4.50. The van der Waals surface area contributed by atoms with Gasteiger partial charge in [-0.15, -0.1) is 0 Å². The number of nitrogens with two attached hydrogens (primary N) is 3. The van der Waals surface area contributed by atoms with Crippen LogP contribution in [0.25, 0.3) is 33.4 Å². The Morgan fingerprint density at radius 2 is 1.83 bits per heavy atom. The van der Waals surface area contributed by atoms with Crippen LogP contribution in [-0.2, 0) is 0 Å². The van der Waals surface area contributed by atoms with Gasteiger partial charge in [-0.2, -0.15) is 5.10 Å². The molecule has 35 heavy (non-hydrogen) atoms. The number of fused-ring (bicyclic) bond motifs is 1. The summed E-state index contributed by atoms with van der Waals surface area (Å²) in [6.07, 6.45) is 0.296. The van der Waals surface area contributed by atoms with E-state index in [0.717, 1.165) is 0 Å². The molecule has 9 nitrogen and oxygen atoms in total. The summed E-state index contributed by atoms with van der Waals surface area (Å²) >= 11 is 0. The van der Waals surface area contributed by atoms with Gasteiger partial charge in [-0.05, 0) is 12.1 Å². The average Bonchev–Trinajstić information content (AvgIpc) is 3.14. The number of hydrogen-bond donors (Lipinski definition) is 4. The van der Waals surface area contributed by atoms with Crippen LogP contribution in [0.2, 0.25) is 0 Å². The second kappa shape index (κ2) is 8.00. The number of aliphatic hydroxyl groups is 1. The monoisotopic (exact) mass is 480 g/mol. The van der Waals surface area contributed by atoms with Crippen LogP contribution in [0.5, 0.6) is 5.75 Å². The number of hydrogen-bond acceptors (Lipinski definition) is 7. The molecule has 2 aromatic heterocycles.